The van der Waals surface area contributed by atoms with Gasteiger partial charge in [-0.05, 0) is 42.4 Å². The predicted octanol–water partition coefficient (Wildman–Crippen LogP) is 3.82. The molecule has 94 valence electrons. The van der Waals surface area contributed by atoms with E-state index < -0.39 is 5.97 Å². The molecule has 1 rings (SSSR count). The lowest BCUT2D eigenvalue weighted by Gasteiger charge is -2.21. The predicted molar refractivity (Wildman–Crippen MR) is 65.5 cm³/mol. The maximum absolute atomic E-state index is 12.8. The van der Waals surface area contributed by atoms with Gasteiger partial charge in [0.1, 0.15) is 5.82 Å². The van der Waals surface area contributed by atoms with Crippen molar-refractivity contribution in [3.63, 3.8) is 0 Å². The molecule has 0 radical (unpaired) electrons. The summed E-state index contributed by atoms with van der Waals surface area (Å²) in [7, 11) is 0. The number of carbonyl (C=O) groups is 1. The summed E-state index contributed by atoms with van der Waals surface area (Å²) in [5.74, 6) is -0.266. The van der Waals surface area contributed by atoms with Crippen LogP contribution in [0.5, 0.6) is 0 Å². The Bertz CT molecular complexity index is 357. The zero-order valence-corrected chi connectivity index (χ0v) is 10.3. The van der Waals surface area contributed by atoms with Crippen molar-refractivity contribution in [3.05, 3.63) is 35.6 Å². The minimum atomic E-state index is -0.758. The Kier molecular flexibility index (Phi) is 5.13. The standard InChI is InChI=1S/C14H19FO2/c1-10(2)13(4-3-5-14(16)17)11-6-8-12(15)9-7-11/h6-10,13H,3-5H2,1-2H3,(H,16,17). The second-order valence-electron chi connectivity index (χ2n) is 4.69. The number of carboxylic acid groups (broad SMARTS) is 1. The minimum absolute atomic E-state index is 0.199. The van der Waals surface area contributed by atoms with Gasteiger partial charge >= 0.3 is 5.97 Å². The van der Waals surface area contributed by atoms with Gasteiger partial charge < -0.3 is 5.11 Å². The van der Waals surface area contributed by atoms with Crippen LogP contribution in [0.2, 0.25) is 0 Å². The van der Waals surface area contributed by atoms with E-state index in [1.807, 2.05) is 0 Å². The molecule has 17 heavy (non-hydrogen) atoms. The fourth-order valence-electron chi connectivity index (χ4n) is 2.07. The van der Waals surface area contributed by atoms with E-state index in [4.69, 9.17) is 5.11 Å². The molecule has 0 spiro atoms. The summed E-state index contributed by atoms with van der Waals surface area (Å²) in [4.78, 5) is 10.5. The second-order valence-corrected chi connectivity index (χ2v) is 4.69. The van der Waals surface area contributed by atoms with E-state index in [2.05, 4.69) is 13.8 Å². The van der Waals surface area contributed by atoms with Crippen molar-refractivity contribution < 1.29 is 14.3 Å². The highest BCUT2D eigenvalue weighted by Crippen LogP contribution is 2.29. The van der Waals surface area contributed by atoms with Crippen LogP contribution in [-0.2, 0) is 4.79 Å². The number of aliphatic carboxylic acids is 1. The highest BCUT2D eigenvalue weighted by molar-refractivity contribution is 5.66. The van der Waals surface area contributed by atoms with Crippen molar-refractivity contribution in [3.8, 4) is 0 Å². The van der Waals surface area contributed by atoms with Gasteiger partial charge in [0.15, 0.2) is 0 Å². The van der Waals surface area contributed by atoms with Crippen molar-refractivity contribution in [2.75, 3.05) is 0 Å². The molecular weight excluding hydrogens is 219 g/mol. The third-order valence-electron chi connectivity index (χ3n) is 3.01. The van der Waals surface area contributed by atoms with Crippen molar-refractivity contribution in [1.82, 2.24) is 0 Å². The molecule has 0 saturated carbocycles. The molecule has 1 N–H and O–H groups in total. The molecule has 0 bridgehead atoms. The summed E-state index contributed by atoms with van der Waals surface area (Å²) in [5, 5.41) is 8.62. The van der Waals surface area contributed by atoms with Crippen LogP contribution in [0, 0.1) is 11.7 Å². The number of benzene rings is 1. The zero-order chi connectivity index (χ0) is 12.8. The van der Waals surface area contributed by atoms with Crippen LogP contribution in [0.1, 0.15) is 44.6 Å². The van der Waals surface area contributed by atoms with Crippen molar-refractivity contribution >= 4 is 5.97 Å². The fraction of sp³-hybridized carbons (Fsp3) is 0.500. The zero-order valence-electron chi connectivity index (χ0n) is 10.3. The Hall–Kier alpha value is -1.38. The van der Waals surface area contributed by atoms with Crippen molar-refractivity contribution in [1.29, 1.82) is 0 Å². The monoisotopic (exact) mass is 238 g/mol. The smallest absolute Gasteiger partial charge is 0.303 e. The van der Waals surface area contributed by atoms with Crippen LogP contribution in [0.25, 0.3) is 0 Å². The van der Waals surface area contributed by atoms with Crippen LogP contribution in [0.15, 0.2) is 24.3 Å². The summed E-state index contributed by atoms with van der Waals surface area (Å²) in [6, 6.07) is 6.51. The molecular formula is C14H19FO2. The lowest BCUT2D eigenvalue weighted by molar-refractivity contribution is -0.137. The van der Waals surface area contributed by atoms with Gasteiger partial charge in [0.2, 0.25) is 0 Å². The summed E-state index contributed by atoms with van der Waals surface area (Å²) in [5.41, 5.74) is 1.09. The highest BCUT2D eigenvalue weighted by atomic mass is 19.1. The lowest BCUT2D eigenvalue weighted by atomic mass is 9.84. The fourth-order valence-corrected chi connectivity index (χ4v) is 2.07. The number of hydrogen-bond acceptors (Lipinski definition) is 1. The summed E-state index contributed by atoms with van der Waals surface area (Å²) >= 11 is 0. The average Bonchev–Trinajstić information content (AvgIpc) is 2.25. The van der Waals surface area contributed by atoms with Crippen LogP contribution < -0.4 is 0 Å². The number of hydrogen-bond donors (Lipinski definition) is 1. The topological polar surface area (TPSA) is 37.3 Å². The largest absolute Gasteiger partial charge is 0.481 e. The van der Waals surface area contributed by atoms with E-state index in [0.717, 1.165) is 12.0 Å². The van der Waals surface area contributed by atoms with Crippen LogP contribution in [0.3, 0.4) is 0 Å². The van der Waals surface area contributed by atoms with Crippen LogP contribution >= 0.6 is 0 Å². The Morgan fingerprint density at radius 1 is 1.29 bits per heavy atom. The normalized spacial score (nSPS) is 12.7. The van der Waals surface area contributed by atoms with Gasteiger partial charge in [0.05, 0.1) is 0 Å². The van der Waals surface area contributed by atoms with Crippen LogP contribution in [0.4, 0.5) is 4.39 Å². The van der Waals surface area contributed by atoms with Gasteiger partial charge in [-0.25, -0.2) is 4.39 Å². The number of carboxylic acids is 1. The van der Waals surface area contributed by atoms with Crippen molar-refractivity contribution in [2.24, 2.45) is 5.92 Å². The summed E-state index contributed by atoms with van der Waals surface area (Å²) in [6.45, 7) is 4.21. The van der Waals surface area contributed by atoms with E-state index in [1.54, 1.807) is 12.1 Å². The average molecular weight is 238 g/mol. The first-order chi connectivity index (χ1) is 8.00. The quantitative estimate of drug-likeness (QED) is 0.818. The minimum Gasteiger partial charge on any atom is -0.481 e. The maximum atomic E-state index is 12.8. The Balaban J connectivity index is 2.65. The third-order valence-corrected chi connectivity index (χ3v) is 3.01. The van der Waals surface area contributed by atoms with Gasteiger partial charge in [-0.3, -0.25) is 4.79 Å². The molecule has 0 fully saturated rings. The van der Waals surface area contributed by atoms with E-state index in [-0.39, 0.29) is 12.2 Å². The molecule has 0 aliphatic rings. The molecule has 1 aromatic rings. The van der Waals surface area contributed by atoms with E-state index >= 15 is 0 Å². The summed E-state index contributed by atoms with van der Waals surface area (Å²) < 4.78 is 12.8. The molecule has 2 nitrogen and oxygen atoms in total. The molecule has 0 aliphatic heterocycles. The molecule has 1 aromatic carbocycles. The SMILES string of the molecule is CC(C)C(CCCC(=O)O)c1ccc(F)cc1. The molecule has 3 heteroatoms. The molecule has 0 amide bonds. The van der Waals surface area contributed by atoms with E-state index in [0.29, 0.717) is 18.3 Å². The van der Waals surface area contributed by atoms with Gasteiger partial charge in [-0.2, -0.15) is 0 Å². The first-order valence-electron chi connectivity index (χ1n) is 5.98. The second kappa shape index (κ2) is 6.38. The van der Waals surface area contributed by atoms with E-state index in [1.165, 1.54) is 12.1 Å². The van der Waals surface area contributed by atoms with Gasteiger partial charge in [-0.15, -0.1) is 0 Å². The first kappa shape index (κ1) is 13.7. The van der Waals surface area contributed by atoms with Crippen LogP contribution in [-0.4, -0.2) is 11.1 Å². The Morgan fingerprint density at radius 2 is 1.88 bits per heavy atom. The summed E-state index contributed by atoms with van der Waals surface area (Å²) in [6.07, 6.45) is 1.69. The molecule has 0 heterocycles. The number of rotatable bonds is 6. The molecule has 1 unspecified atom stereocenters. The van der Waals surface area contributed by atoms with Crippen molar-refractivity contribution in [2.45, 2.75) is 39.0 Å². The highest BCUT2D eigenvalue weighted by Gasteiger charge is 2.16. The lowest BCUT2D eigenvalue weighted by Crippen LogP contribution is -2.08. The maximum Gasteiger partial charge on any atom is 0.303 e. The first-order valence-corrected chi connectivity index (χ1v) is 5.98. The van der Waals surface area contributed by atoms with Gasteiger partial charge in [-0.1, -0.05) is 26.0 Å². The molecule has 0 saturated heterocycles. The van der Waals surface area contributed by atoms with E-state index in [9.17, 15) is 9.18 Å². The molecule has 1 atom stereocenters. The Labute approximate surface area is 101 Å². The molecule has 0 aliphatic carbocycles. The van der Waals surface area contributed by atoms with Gasteiger partial charge in [0, 0.05) is 6.42 Å². The molecule has 0 aromatic heterocycles. The number of halogens is 1. The van der Waals surface area contributed by atoms with Gasteiger partial charge in [0.25, 0.3) is 0 Å². The third kappa shape index (κ3) is 4.55. The Morgan fingerprint density at radius 3 is 2.35 bits per heavy atom.